The lowest BCUT2D eigenvalue weighted by Crippen LogP contribution is -2.26. The van der Waals surface area contributed by atoms with E-state index in [1.165, 1.54) is 11.9 Å². The highest BCUT2D eigenvalue weighted by molar-refractivity contribution is 5.48. The second-order valence-electron chi connectivity index (χ2n) is 5.25. The van der Waals surface area contributed by atoms with Crippen LogP contribution in [0.15, 0.2) is 42.7 Å². The molecule has 0 saturated carbocycles. The third-order valence-electron chi connectivity index (χ3n) is 3.68. The minimum absolute atomic E-state index is 0.451. The molecular formula is C17H18N6. The third kappa shape index (κ3) is 3.29. The molecule has 2 aromatic heterocycles. The summed E-state index contributed by atoms with van der Waals surface area (Å²) in [6, 6.07) is 14.5. The van der Waals surface area contributed by atoms with Crippen LogP contribution in [0.1, 0.15) is 24.6 Å². The van der Waals surface area contributed by atoms with Gasteiger partial charge in [-0.2, -0.15) is 19.9 Å². The molecule has 0 amide bonds. The Kier molecular flexibility index (Phi) is 4.48. The third-order valence-corrected chi connectivity index (χ3v) is 3.68. The van der Waals surface area contributed by atoms with Crippen molar-refractivity contribution in [3.63, 3.8) is 0 Å². The number of rotatable bonds is 6. The number of hydrogen-bond acceptors (Lipinski definition) is 5. The van der Waals surface area contributed by atoms with Crippen LogP contribution >= 0.6 is 0 Å². The SMILES string of the molecule is CCc1cc(N(CCC#N)Cc2ccccc2)n2ncnc2n1. The van der Waals surface area contributed by atoms with Crippen molar-refractivity contribution < 1.29 is 0 Å². The van der Waals surface area contributed by atoms with E-state index in [0.29, 0.717) is 25.3 Å². The zero-order chi connectivity index (χ0) is 16.1. The van der Waals surface area contributed by atoms with Crippen molar-refractivity contribution in [3.8, 4) is 6.07 Å². The zero-order valence-electron chi connectivity index (χ0n) is 13.1. The minimum atomic E-state index is 0.451. The van der Waals surface area contributed by atoms with Gasteiger partial charge in [0.1, 0.15) is 12.1 Å². The van der Waals surface area contributed by atoms with Crippen molar-refractivity contribution in [2.24, 2.45) is 0 Å². The summed E-state index contributed by atoms with van der Waals surface area (Å²) in [4.78, 5) is 10.8. The average molecular weight is 306 g/mol. The molecule has 0 saturated heterocycles. The highest BCUT2D eigenvalue weighted by Gasteiger charge is 2.14. The van der Waals surface area contributed by atoms with E-state index < -0.39 is 0 Å². The topological polar surface area (TPSA) is 70.1 Å². The summed E-state index contributed by atoms with van der Waals surface area (Å²) in [5.41, 5.74) is 2.16. The summed E-state index contributed by atoms with van der Waals surface area (Å²) in [6.45, 7) is 3.41. The molecule has 2 heterocycles. The predicted molar refractivity (Wildman–Crippen MR) is 87.9 cm³/mol. The number of nitriles is 1. The fraction of sp³-hybridized carbons (Fsp3) is 0.294. The predicted octanol–water partition coefficient (Wildman–Crippen LogP) is 2.61. The highest BCUT2D eigenvalue weighted by atomic mass is 15.4. The van der Waals surface area contributed by atoms with Crippen LogP contribution in [0.2, 0.25) is 0 Å². The summed E-state index contributed by atoms with van der Waals surface area (Å²) in [5.74, 6) is 1.51. The number of benzene rings is 1. The van der Waals surface area contributed by atoms with Gasteiger partial charge in [0, 0.05) is 24.8 Å². The molecule has 116 valence electrons. The molecule has 0 aliphatic heterocycles. The zero-order valence-corrected chi connectivity index (χ0v) is 13.1. The van der Waals surface area contributed by atoms with E-state index in [-0.39, 0.29) is 0 Å². The molecule has 3 rings (SSSR count). The van der Waals surface area contributed by atoms with Gasteiger partial charge in [-0.15, -0.1) is 0 Å². The van der Waals surface area contributed by atoms with Crippen LogP contribution in [0.4, 0.5) is 5.82 Å². The van der Waals surface area contributed by atoms with Crippen molar-refractivity contribution in [3.05, 3.63) is 54.0 Å². The lowest BCUT2D eigenvalue weighted by Gasteiger charge is -2.24. The van der Waals surface area contributed by atoms with Gasteiger partial charge in [0.05, 0.1) is 12.5 Å². The van der Waals surface area contributed by atoms with Gasteiger partial charge in [-0.05, 0) is 12.0 Å². The average Bonchev–Trinajstić information content (AvgIpc) is 3.07. The summed E-state index contributed by atoms with van der Waals surface area (Å²) in [7, 11) is 0. The number of aryl methyl sites for hydroxylation is 1. The molecule has 1 aromatic carbocycles. The first-order chi connectivity index (χ1) is 11.3. The minimum Gasteiger partial charge on any atom is -0.351 e. The van der Waals surface area contributed by atoms with Crippen molar-refractivity contribution in [1.29, 1.82) is 5.26 Å². The van der Waals surface area contributed by atoms with Gasteiger partial charge < -0.3 is 4.90 Å². The Hall–Kier alpha value is -2.94. The van der Waals surface area contributed by atoms with E-state index in [1.807, 2.05) is 24.3 Å². The Morgan fingerprint density at radius 2 is 2.09 bits per heavy atom. The van der Waals surface area contributed by atoms with Crippen LogP contribution in [0.3, 0.4) is 0 Å². The van der Waals surface area contributed by atoms with E-state index in [9.17, 15) is 0 Å². The Bertz CT molecular complexity index is 818. The fourth-order valence-electron chi connectivity index (χ4n) is 2.51. The van der Waals surface area contributed by atoms with Gasteiger partial charge in [0.25, 0.3) is 5.78 Å². The molecule has 0 fully saturated rings. The monoisotopic (exact) mass is 306 g/mol. The quantitative estimate of drug-likeness (QED) is 0.700. The van der Waals surface area contributed by atoms with Crippen molar-refractivity contribution in [2.75, 3.05) is 11.4 Å². The van der Waals surface area contributed by atoms with Crippen LogP contribution in [0.5, 0.6) is 0 Å². The normalized spacial score (nSPS) is 10.6. The number of fused-ring (bicyclic) bond motifs is 1. The van der Waals surface area contributed by atoms with Crippen LogP contribution in [-0.2, 0) is 13.0 Å². The first-order valence-corrected chi connectivity index (χ1v) is 7.67. The molecule has 6 heteroatoms. The van der Waals surface area contributed by atoms with Crippen molar-refractivity contribution >= 4 is 11.6 Å². The first kappa shape index (κ1) is 15.0. The Labute approximate surface area is 135 Å². The smallest absolute Gasteiger partial charge is 0.254 e. The second kappa shape index (κ2) is 6.88. The molecule has 3 aromatic rings. The highest BCUT2D eigenvalue weighted by Crippen LogP contribution is 2.19. The summed E-state index contributed by atoms with van der Waals surface area (Å²) in [6.07, 6.45) is 2.79. The first-order valence-electron chi connectivity index (χ1n) is 7.67. The van der Waals surface area contributed by atoms with Gasteiger partial charge in [-0.3, -0.25) is 0 Å². The molecule has 0 aliphatic carbocycles. The summed E-state index contributed by atoms with van der Waals surface area (Å²) in [5, 5.41) is 13.3. The lowest BCUT2D eigenvalue weighted by atomic mass is 10.2. The van der Waals surface area contributed by atoms with E-state index in [2.05, 4.69) is 45.1 Å². The standard InChI is InChI=1S/C17H18N6/c1-2-15-11-16(23-17(21-15)19-13-20-23)22(10-6-9-18)12-14-7-4-3-5-8-14/h3-5,7-8,11,13H,2,6,10,12H2,1H3. The van der Waals surface area contributed by atoms with E-state index in [4.69, 9.17) is 5.26 Å². The maximum Gasteiger partial charge on any atom is 0.254 e. The van der Waals surface area contributed by atoms with Crippen molar-refractivity contribution in [1.82, 2.24) is 19.6 Å². The molecule has 0 aliphatic rings. The Morgan fingerprint density at radius 3 is 2.83 bits per heavy atom. The van der Waals surface area contributed by atoms with Gasteiger partial charge in [0.15, 0.2) is 0 Å². The van der Waals surface area contributed by atoms with Gasteiger partial charge in [0.2, 0.25) is 0 Å². The van der Waals surface area contributed by atoms with Crippen LogP contribution in [0.25, 0.3) is 5.78 Å². The lowest BCUT2D eigenvalue weighted by molar-refractivity contribution is 0.749. The molecule has 0 atom stereocenters. The number of nitrogens with zero attached hydrogens (tertiary/aromatic N) is 6. The maximum atomic E-state index is 8.98. The number of aromatic nitrogens is 4. The van der Waals surface area contributed by atoms with Crippen LogP contribution in [-0.4, -0.2) is 26.1 Å². The summed E-state index contributed by atoms with van der Waals surface area (Å²) >= 11 is 0. The molecular weight excluding hydrogens is 288 g/mol. The fourth-order valence-corrected chi connectivity index (χ4v) is 2.51. The molecule has 0 bridgehead atoms. The Balaban J connectivity index is 2.02. The van der Waals surface area contributed by atoms with Crippen LogP contribution in [0, 0.1) is 11.3 Å². The van der Waals surface area contributed by atoms with Crippen molar-refractivity contribution in [2.45, 2.75) is 26.3 Å². The van der Waals surface area contributed by atoms with E-state index in [0.717, 1.165) is 17.9 Å². The Morgan fingerprint density at radius 1 is 1.26 bits per heavy atom. The molecule has 23 heavy (non-hydrogen) atoms. The molecule has 0 N–H and O–H groups in total. The summed E-state index contributed by atoms with van der Waals surface area (Å²) < 4.78 is 1.74. The van der Waals surface area contributed by atoms with Crippen LogP contribution < -0.4 is 4.90 Å². The van der Waals surface area contributed by atoms with Gasteiger partial charge in [-0.25, -0.2) is 4.98 Å². The number of hydrogen-bond donors (Lipinski definition) is 0. The molecule has 0 unspecified atom stereocenters. The number of anilines is 1. The molecule has 6 nitrogen and oxygen atoms in total. The van der Waals surface area contributed by atoms with E-state index >= 15 is 0 Å². The largest absolute Gasteiger partial charge is 0.351 e. The molecule has 0 spiro atoms. The van der Waals surface area contributed by atoms with Gasteiger partial charge in [-0.1, -0.05) is 37.3 Å². The van der Waals surface area contributed by atoms with Gasteiger partial charge >= 0.3 is 0 Å². The second-order valence-corrected chi connectivity index (χ2v) is 5.25. The molecule has 0 radical (unpaired) electrons. The maximum absolute atomic E-state index is 8.98. The van der Waals surface area contributed by atoms with E-state index in [1.54, 1.807) is 4.52 Å².